The average molecular weight is 273 g/mol. The average Bonchev–Trinajstić information content (AvgIpc) is 3.29. The fourth-order valence-electron chi connectivity index (χ4n) is 2.55. The van der Waals surface area contributed by atoms with Gasteiger partial charge < -0.3 is 5.32 Å². The molecule has 2 aromatic rings. The lowest BCUT2D eigenvalue weighted by Crippen LogP contribution is -2.23. The van der Waals surface area contributed by atoms with Crippen molar-refractivity contribution in [3.05, 3.63) is 71.3 Å². The van der Waals surface area contributed by atoms with Crippen LogP contribution in [0, 0.1) is 17.6 Å². The quantitative estimate of drug-likeness (QED) is 0.860. The Kier molecular flexibility index (Phi) is 3.79. The molecule has 1 aliphatic carbocycles. The zero-order valence-corrected chi connectivity index (χ0v) is 11.2. The van der Waals surface area contributed by atoms with Crippen LogP contribution in [-0.2, 0) is 6.54 Å². The van der Waals surface area contributed by atoms with Crippen molar-refractivity contribution in [1.82, 2.24) is 5.32 Å². The summed E-state index contributed by atoms with van der Waals surface area (Å²) in [6.07, 6.45) is 2.39. The van der Waals surface area contributed by atoms with Crippen LogP contribution in [0.5, 0.6) is 0 Å². The highest BCUT2D eigenvalue weighted by molar-refractivity contribution is 5.23. The van der Waals surface area contributed by atoms with E-state index < -0.39 is 5.82 Å². The van der Waals surface area contributed by atoms with Crippen LogP contribution in [0.2, 0.25) is 0 Å². The topological polar surface area (TPSA) is 12.0 Å². The number of nitrogens with one attached hydrogen (secondary N) is 1. The highest BCUT2D eigenvalue weighted by Gasteiger charge is 2.31. The smallest absolute Gasteiger partial charge is 0.127 e. The predicted octanol–water partition coefficient (Wildman–Crippen LogP) is 4.21. The fourth-order valence-corrected chi connectivity index (χ4v) is 2.55. The van der Waals surface area contributed by atoms with Crippen molar-refractivity contribution in [2.24, 2.45) is 5.92 Å². The first kappa shape index (κ1) is 13.3. The van der Waals surface area contributed by atoms with Crippen LogP contribution in [0.3, 0.4) is 0 Å². The first-order chi connectivity index (χ1) is 9.74. The maximum atomic E-state index is 13.6. The molecule has 1 fully saturated rings. The standard InChI is InChI=1S/C17H17F2N/c18-15-8-9-16(19)14(10-15)11-20-17(13-6-7-13)12-4-2-1-3-5-12/h1-5,8-10,13,17,20H,6-7,11H2. The molecule has 2 aromatic carbocycles. The third kappa shape index (κ3) is 3.05. The van der Waals surface area contributed by atoms with E-state index in [2.05, 4.69) is 17.4 Å². The van der Waals surface area contributed by atoms with Crippen LogP contribution in [-0.4, -0.2) is 0 Å². The van der Waals surface area contributed by atoms with Gasteiger partial charge in [-0.3, -0.25) is 0 Å². The molecule has 1 saturated carbocycles. The summed E-state index contributed by atoms with van der Waals surface area (Å²) < 4.78 is 26.8. The van der Waals surface area contributed by atoms with Gasteiger partial charge in [-0.2, -0.15) is 0 Å². The molecule has 0 spiro atoms. The zero-order valence-electron chi connectivity index (χ0n) is 11.2. The summed E-state index contributed by atoms with van der Waals surface area (Å²) >= 11 is 0. The van der Waals surface area contributed by atoms with Gasteiger partial charge >= 0.3 is 0 Å². The molecule has 0 heterocycles. The fraction of sp³-hybridized carbons (Fsp3) is 0.294. The van der Waals surface area contributed by atoms with Crippen molar-refractivity contribution in [2.75, 3.05) is 0 Å². The van der Waals surface area contributed by atoms with Crippen molar-refractivity contribution in [3.63, 3.8) is 0 Å². The largest absolute Gasteiger partial charge is 0.305 e. The Morgan fingerprint density at radius 2 is 1.80 bits per heavy atom. The van der Waals surface area contributed by atoms with E-state index in [0.29, 0.717) is 18.0 Å². The van der Waals surface area contributed by atoms with Gasteiger partial charge in [-0.05, 0) is 42.5 Å². The van der Waals surface area contributed by atoms with Crippen molar-refractivity contribution < 1.29 is 8.78 Å². The van der Waals surface area contributed by atoms with E-state index >= 15 is 0 Å². The molecule has 0 amide bonds. The van der Waals surface area contributed by atoms with Gasteiger partial charge in [0.15, 0.2) is 0 Å². The Bertz CT molecular complexity index is 579. The molecule has 20 heavy (non-hydrogen) atoms. The number of hydrogen-bond donors (Lipinski definition) is 1. The molecule has 1 unspecified atom stereocenters. The number of rotatable bonds is 5. The normalized spacial score (nSPS) is 16.1. The number of hydrogen-bond acceptors (Lipinski definition) is 1. The number of halogens is 2. The molecule has 1 nitrogen and oxygen atoms in total. The summed E-state index contributed by atoms with van der Waals surface area (Å²) in [6.45, 7) is 0.347. The van der Waals surface area contributed by atoms with Gasteiger partial charge in [-0.15, -0.1) is 0 Å². The molecule has 0 radical (unpaired) electrons. The molecule has 104 valence electrons. The highest BCUT2D eigenvalue weighted by Crippen LogP contribution is 2.41. The van der Waals surface area contributed by atoms with Gasteiger partial charge in [-0.1, -0.05) is 30.3 Å². The lowest BCUT2D eigenvalue weighted by atomic mass is 10.0. The van der Waals surface area contributed by atoms with Crippen molar-refractivity contribution >= 4 is 0 Å². The maximum Gasteiger partial charge on any atom is 0.127 e. The summed E-state index contributed by atoms with van der Waals surface area (Å²) in [5.74, 6) is -0.151. The van der Waals surface area contributed by atoms with E-state index in [4.69, 9.17) is 0 Å². The Morgan fingerprint density at radius 1 is 1.05 bits per heavy atom. The van der Waals surface area contributed by atoms with Crippen LogP contribution < -0.4 is 5.32 Å². The summed E-state index contributed by atoms with van der Waals surface area (Å²) in [5, 5.41) is 3.38. The van der Waals surface area contributed by atoms with Crippen LogP contribution in [0.15, 0.2) is 48.5 Å². The van der Waals surface area contributed by atoms with Crippen LogP contribution >= 0.6 is 0 Å². The lowest BCUT2D eigenvalue weighted by molar-refractivity contribution is 0.469. The van der Waals surface area contributed by atoms with Crippen molar-refractivity contribution in [3.8, 4) is 0 Å². The molecule has 3 heteroatoms. The van der Waals surface area contributed by atoms with Crippen molar-refractivity contribution in [1.29, 1.82) is 0 Å². The van der Waals surface area contributed by atoms with Crippen LogP contribution in [0.25, 0.3) is 0 Å². The molecule has 0 aromatic heterocycles. The van der Waals surface area contributed by atoms with Gasteiger partial charge in [0.05, 0.1) is 0 Å². The zero-order chi connectivity index (χ0) is 13.9. The summed E-state index contributed by atoms with van der Waals surface area (Å²) in [7, 11) is 0. The summed E-state index contributed by atoms with van der Waals surface area (Å²) in [5.41, 5.74) is 1.60. The first-order valence-corrected chi connectivity index (χ1v) is 6.96. The maximum absolute atomic E-state index is 13.6. The Hall–Kier alpha value is -1.74. The van der Waals surface area contributed by atoms with Gasteiger partial charge in [0.2, 0.25) is 0 Å². The molecule has 3 rings (SSSR count). The SMILES string of the molecule is Fc1ccc(F)c(CNC(c2ccccc2)C2CC2)c1. The lowest BCUT2D eigenvalue weighted by Gasteiger charge is -2.19. The third-order valence-corrected chi connectivity index (χ3v) is 3.77. The highest BCUT2D eigenvalue weighted by atomic mass is 19.1. The van der Waals surface area contributed by atoms with Crippen molar-refractivity contribution in [2.45, 2.75) is 25.4 Å². The molecule has 0 aliphatic heterocycles. The monoisotopic (exact) mass is 273 g/mol. The van der Waals surface area contributed by atoms with Gasteiger partial charge in [0.25, 0.3) is 0 Å². The van der Waals surface area contributed by atoms with E-state index in [-0.39, 0.29) is 11.9 Å². The van der Waals surface area contributed by atoms with E-state index in [9.17, 15) is 8.78 Å². The van der Waals surface area contributed by atoms with E-state index in [1.165, 1.54) is 30.5 Å². The Labute approximate surface area is 117 Å². The second kappa shape index (κ2) is 5.71. The van der Waals surface area contributed by atoms with Gasteiger partial charge in [0.1, 0.15) is 11.6 Å². The molecular formula is C17H17F2N. The summed E-state index contributed by atoms with van der Waals surface area (Å²) in [4.78, 5) is 0. The minimum absolute atomic E-state index is 0.221. The Morgan fingerprint density at radius 3 is 2.50 bits per heavy atom. The van der Waals surface area contributed by atoms with Crippen LogP contribution in [0.4, 0.5) is 8.78 Å². The molecular weight excluding hydrogens is 256 g/mol. The van der Waals surface area contributed by atoms with Crippen LogP contribution in [0.1, 0.15) is 30.0 Å². The van der Waals surface area contributed by atoms with Gasteiger partial charge in [0, 0.05) is 18.2 Å². The second-order valence-corrected chi connectivity index (χ2v) is 5.34. The second-order valence-electron chi connectivity index (χ2n) is 5.34. The van der Waals surface area contributed by atoms with E-state index in [0.717, 1.165) is 6.07 Å². The minimum atomic E-state index is -0.397. The predicted molar refractivity (Wildman–Crippen MR) is 75.1 cm³/mol. The summed E-state index contributed by atoms with van der Waals surface area (Å²) in [6, 6.07) is 14.0. The van der Waals surface area contributed by atoms with Gasteiger partial charge in [-0.25, -0.2) is 8.78 Å². The molecule has 0 saturated heterocycles. The van der Waals surface area contributed by atoms with E-state index in [1.54, 1.807) is 0 Å². The molecule has 1 atom stereocenters. The molecule has 1 aliphatic rings. The number of benzene rings is 2. The first-order valence-electron chi connectivity index (χ1n) is 6.96. The Balaban J connectivity index is 1.73. The minimum Gasteiger partial charge on any atom is -0.305 e. The van der Waals surface area contributed by atoms with E-state index in [1.807, 2.05) is 18.2 Å². The molecule has 1 N–H and O–H groups in total. The third-order valence-electron chi connectivity index (χ3n) is 3.77. The molecule has 0 bridgehead atoms.